The Labute approximate surface area is 226 Å². The van der Waals surface area contributed by atoms with Crippen LogP contribution in [-0.2, 0) is 32.1 Å². The predicted octanol–water partition coefficient (Wildman–Crippen LogP) is 4.07. The van der Waals surface area contributed by atoms with Crippen molar-refractivity contribution in [3.63, 3.8) is 0 Å². The molecule has 1 heterocycles. The number of carboxylic acids is 1. The van der Waals surface area contributed by atoms with Crippen molar-refractivity contribution in [3.8, 4) is 0 Å². The van der Waals surface area contributed by atoms with Crippen molar-refractivity contribution in [2.45, 2.75) is 44.3 Å². The Morgan fingerprint density at radius 1 is 1.16 bits per heavy atom. The molecular formula is C24H23Cl2FN6O5. The Morgan fingerprint density at radius 3 is 2.55 bits per heavy atom. The number of carbonyl (C=O) groups excluding carboxylic acids is 3. The number of halogens is 3. The lowest BCUT2D eigenvalue weighted by molar-refractivity contribution is -0.145. The maximum Gasteiger partial charge on any atom is 0.303 e. The molecule has 11 nitrogen and oxygen atoms in total. The molecule has 0 bridgehead atoms. The van der Waals surface area contributed by atoms with Crippen LogP contribution in [0.15, 0.2) is 41.5 Å². The summed E-state index contributed by atoms with van der Waals surface area (Å²) in [5.41, 5.74) is 9.98. The highest BCUT2D eigenvalue weighted by Crippen LogP contribution is 2.30. The Kier molecular flexibility index (Phi) is 9.89. The Morgan fingerprint density at radius 2 is 1.87 bits per heavy atom. The van der Waals surface area contributed by atoms with Gasteiger partial charge in [0.05, 0.1) is 22.2 Å². The SMILES string of the molecule is [N-]=[N+]=NCC[C@H](NC(=O)[C@@H]1Cc2ccccc2CN1C(=O)CCC(=O)O)C(=O)Nc1ccc(Cl)c(Cl)c1F. The summed E-state index contributed by atoms with van der Waals surface area (Å²) in [6.07, 6.45) is -0.704. The minimum absolute atomic E-state index is 0.0550. The topological polar surface area (TPSA) is 165 Å². The lowest BCUT2D eigenvalue weighted by Crippen LogP contribution is -2.56. The second kappa shape index (κ2) is 13.1. The molecule has 0 unspecified atom stereocenters. The number of anilines is 1. The van der Waals surface area contributed by atoms with Crippen LogP contribution in [0.2, 0.25) is 10.0 Å². The number of benzene rings is 2. The first-order valence-corrected chi connectivity index (χ1v) is 12.2. The van der Waals surface area contributed by atoms with Gasteiger partial charge in [0.2, 0.25) is 17.7 Å². The molecule has 0 radical (unpaired) electrons. The highest BCUT2D eigenvalue weighted by Gasteiger charge is 2.36. The Bertz CT molecular complexity index is 1300. The Balaban J connectivity index is 1.84. The van der Waals surface area contributed by atoms with E-state index >= 15 is 0 Å². The number of nitrogens with zero attached hydrogens (tertiary/aromatic N) is 4. The van der Waals surface area contributed by atoms with Gasteiger partial charge in [-0.3, -0.25) is 19.2 Å². The van der Waals surface area contributed by atoms with Gasteiger partial charge in [0, 0.05) is 30.8 Å². The third kappa shape index (κ3) is 7.12. The van der Waals surface area contributed by atoms with Gasteiger partial charge in [-0.15, -0.1) is 0 Å². The van der Waals surface area contributed by atoms with Crippen molar-refractivity contribution in [3.05, 3.63) is 73.8 Å². The second-order valence-electron chi connectivity index (χ2n) is 8.42. The maximum absolute atomic E-state index is 14.5. The van der Waals surface area contributed by atoms with Crippen LogP contribution in [0.25, 0.3) is 10.4 Å². The molecule has 0 saturated carbocycles. The summed E-state index contributed by atoms with van der Waals surface area (Å²) >= 11 is 11.6. The van der Waals surface area contributed by atoms with E-state index in [-0.39, 0.29) is 43.1 Å². The van der Waals surface area contributed by atoms with Crippen molar-refractivity contribution < 1.29 is 28.7 Å². The first kappa shape index (κ1) is 28.7. The summed E-state index contributed by atoms with van der Waals surface area (Å²) in [7, 11) is 0. The summed E-state index contributed by atoms with van der Waals surface area (Å²) in [6.45, 7) is -0.0791. The average Bonchev–Trinajstić information content (AvgIpc) is 2.90. The van der Waals surface area contributed by atoms with Crippen LogP contribution in [0, 0.1) is 5.82 Å². The fourth-order valence-electron chi connectivity index (χ4n) is 3.99. The molecule has 2 aromatic carbocycles. The molecule has 1 aliphatic rings. The summed E-state index contributed by atoms with van der Waals surface area (Å²) < 4.78 is 14.5. The number of carbonyl (C=O) groups is 4. The number of amides is 3. The predicted molar refractivity (Wildman–Crippen MR) is 137 cm³/mol. The van der Waals surface area contributed by atoms with E-state index in [9.17, 15) is 23.6 Å². The van der Waals surface area contributed by atoms with Gasteiger partial charge < -0.3 is 20.6 Å². The van der Waals surface area contributed by atoms with E-state index in [0.717, 1.165) is 11.1 Å². The molecule has 14 heteroatoms. The van der Waals surface area contributed by atoms with Gasteiger partial charge in [0.1, 0.15) is 12.1 Å². The molecule has 38 heavy (non-hydrogen) atoms. The monoisotopic (exact) mass is 564 g/mol. The first-order chi connectivity index (χ1) is 18.1. The van der Waals surface area contributed by atoms with Crippen molar-refractivity contribution in [1.82, 2.24) is 10.2 Å². The third-order valence-electron chi connectivity index (χ3n) is 5.93. The molecule has 0 fully saturated rings. The summed E-state index contributed by atoms with van der Waals surface area (Å²) in [4.78, 5) is 54.2. The lowest BCUT2D eigenvalue weighted by atomic mass is 9.92. The molecule has 3 N–H and O–H groups in total. The lowest BCUT2D eigenvalue weighted by Gasteiger charge is -2.36. The van der Waals surface area contributed by atoms with E-state index in [0.29, 0.717) is 0 Å². The van der Waals surface area contributed by atoms with Gasteiger partial charge in [-0.1, -0.05) is 52.6 Å². The van der Waals surface area contributed by atoms with Gasteiger partial charge >= 0.3 is 5.97 Å². The zero-order chi connectivity index (χ0) is 27.8. The zero-order valence-corrected chi connectivity index (χ0v) is 21.4. The van der Waals surface area contributed by atoms with Gasteiger partial charge in [-0.2, -0.15) is 0 Å². The fourth-order valence-corrected chi connectivity index (χ4v) is 4.30. The summed E-state index contributed by atoms with van der Waals surface area (Å²) in [5, 5.41) is 16.8. The van der Waals surface area contributed by atoms with Crippen LogP contribution in [0.1, 0.15) is 30.4 Å². The van der Waals surface area contributed by atoms with E-state index in [4.69, 9.17) is 33.8 Å². The molecule has 3 rings (SSSR count). The number of hydrogen-bond acceptors (Lipinski definition) is 5. The molecule has 200 valence electrons. The first-order valence-electron chi connectivity index (χ1n) is 11.5. The molecule has 0 saturated heterocycles. The minimum Gasteiger partial charge on any atom is -0.481 e. The van der Waals surface area contributed by atoms with Gasteiger partial charge in [-0.25, -0.2) is 4.39 Å². The van der Waals surface area contributed by atoms with Crippen LogP contribution in [0.3, 0.4) is 0 Å². The van der Waals surface area contributed by atoms with Crippen molar-refractivity contribution >= 4 is 52.6 Å². The van der Waals surface area contributed by atoms with Crippen LogP contribution in [-0.4, -0.2) is 52.3 Å². The van der Waals surface area contributed by atoms with Crippen molar-refractivity contribution in [2.24, 2.45) is 5.11 Å². The smallest absolute Gasteiger partial charge is 0.303 e. The van der Waals surface area contributed by atoms with E-state index < -0.39 is 53.0 Å². The summed E-state index contributed by atoms with van der Waals surface area (Å²) in [5.74, 6) is -4.15. The van der Waals surface area contributed by atoms with Crippen LogP contribution >= 0.6 is 23.2 Å². The van der Waals surface area contributed by atoms with Crippen molar-refractivity contribution in [1.29, 1.82) is 0 Å². The Hall–Kier alpha value is -3.86. The van der Waals surface area contributed by atoms with Gasteiger partial charge in [0.25, 0.3) is 0 Å². The van der Waals surface area contributed by atoms with Crippen LogP contribution in [0.5, 0.6) is 0 Å². The van der Waals surface area contributed by atoms with Gasteiger partial charge in [0.15, 0.2) is 5.82 Å². The van der Waals surface area contributed by atoms with Crippen LogP contribution in [0.4, 0.5) is 10.1 Å². The molecular weight excluding hydrogens is 542 g/mol. The highest BCUT2D eigenvalue weighted by atomic mass is 35.5. The molecule has 0 spiro atoms. The number of hydrogen-bond donors (Lipinski definition) is 3. The van der Waals surface area contributed by atoms with Crippen LogP contribution < -0.4 is 10.6 Å². The van der Waals surface area contributed by atoms with E-state index in [1.165, 1.54) is 17.0 Å². The fraction of sp³-hybridized carbons (Fsp3) is 0.333. The molecule has 2 aromatic rings. The quantitative estimate of drug-likeness (QED) is 0.171. The number of fused-ring (bicyclic) bond motifs is 1. The third-order valence-corrected chi connectivity index (χ3v) is 6.71. The number of nitrogens with one attached hydrogen (secondary N) is 2. The molecule has 3 amide bonds. The van der Waals surface area contributed by atoms with Crippen molar-refractivity contribution in [2.75, 3.05) is 11.9 Å². The van der Waals surface area contributed by atoms with Gasteiger partial charge in [-0.05, 0) is 35.2 Å². The highest BCUT2D eigenvalue weighted by molar-refractivity contribution is 6.42. The standard InChI is InChI=1S/C24H23Cl2FN6O5/c25-15-5-6-16(22(27)21(15)26)30-23(37)17(9-10-29-32-28)31-24(38)18-11-13-3-1-2-4-14(13)12-33(18)19(34)7-8-20(35)36/h1-6,17-18H,7-12H2,(H,30,37)(H,31,38)(H,35,36)/t17-,18-/m0/s1. The van der Waals surface area contributed by atoms with E-state index in [1.807, 2.05) is 12.1 Å². The number of azide groups is 1. The number of rotatable bonds is 10. The molecule has 0 aliphatic carbocycles. The second-order valence-corrected chi connectivity index (χ2v) is 9.21. The molecule has 0 aromatic heterocycles. The molecule has 1 aliphatic heterocycles. The van der Waals surface area contributed by atoms with E-state index in [1.54, 1.807) is 12.1 Å². The summed E-state index contributed by atoms with van der Waals surface area (Å²) in [6, 6.07) is 7.38. The normalized spacial score (nSPS) is 15.0. The largest absolute Gasteiger partial charge is 0.481 e. The van der Waals surface area contributed by atoms with E-state index in [2.05, 4.69) is 20.7 Å². The average molecular weight is 565 g/mol. The minimum atomic E-state index is -1.27. The number of carboxylic acid groups (broad SMARTS) is 1. The molecule has 2 atom stereocenters. The number of aliphatic carboxylic acids is 1. The zero-order valence-electron chi connectivity index (χ0n) is 19.9. The maximum atomic E-state index is 14.5.